The maximum Gasteiger partial charge on any atom is 0.317 e. The fourth-order valence-corrected chi connectivity index (χ4v) is 1.65. The summed E-state index contributed by atoms with van der Waals surface area (Å²) in [6.45, 7) is 5.10. The lowest BCUT2D eigenvalue weighted by Crippen LogP contribution is -2.44. The first-order chi connectivity index (χ1) is 7.24. The molecule has 1 fully saturated rings. The number of carbonyl (C=O) groups excluding carboxylic acids is 1. The van der Waals surface area contributed by atoms with Crippen LogP contribution in [-0.4, -0.2) is 37.1 Å². The largest absolute Gasteiger partial charge is 0.335 e. The van der Waals surface area contributed by atoms with Crippen LogP contribution >= 0.6 is 0 Å². The molecule has 1 aliphatic rings. The molecule has 86 valence electrons. The third-order valence-electron chi connectivity index (χ3n) is 2.74. The number of hydrogen-bond acceptors (Lipinski definition) is 2. The molecule has 0 saturated carbocycles. The van der Waals surface area contributed by atoms with Crippen LogP contribution in [0.25, 0.3) is 0 Å². The van der Waals surface area contributed by atoms with Crippen LogP contribution in [0.15, 0.2) is 12.2 Å². The summed E-state index contributed by atoms with van der Waals surface area (Å²) in [7, 11) is 0. The van der Waals surface area contributed by atoms with Crippen LogP contribution in [0.1, 0.15) is 19.8 Å². The van der Waals surface area contributed by atoms with Gasteiger partial charge in [-0.1, -0.05) is 19.1 Å². The highest BCUT2D eigenvalue weighted by Crippen LogP contribution is 2.15. The first kappa shape index (κ1) is 12.0. The Kier molecular flexibility index (Phi) is 5.18. The van der Waals surface area contributed by atoms with E-state index < -0.39 is 0 Å². The molecular weight excluding hydrogens is 190 g/mol. The minimum atomic E-state index is 0.0450. The number of nitrogens with one attached hydrogen (secondary N) is 1. The van der Waals surface area contributed by atoms with E-state index >= 15 is 0 Å². The van der Waals surface area contributed by atoms with E-state index in [-0.39, 0.29) is 6.03 Å². The molecule has 4 nitrogen and oxygen atoms in total. The van der Waals surface area contributed by atoms with E-state index in [9.17, 15) is 4.79 Å². The smallest absolute Gasteiger partial charge is 0.317 e. The highest BCUT2D eigenvalue weighted by Gasteiger charge is 2.19. The molecule has 0 aromatic heterocycles. The van der Waals surface area contributed by atoms with Crippen molar-refractivity contribution < 1.29 is 4.79 Å². The van der Waals surface area contributed by atoms with Gasteiger partial charge in [0.1, 0.15) is 0 Å². The van der Waals surface area contributed by atoms with Crippen molar-refractivity contribution in [2.75, 3.05) is 26.2 Å². The second-order valence-corrected chi connectivity index (χ2v) is 4.06. The molecule has 4 heteroatoms. The summed E-state index contributed by atoms with van der Waals surface area (Å²) in [5.74, 6) is 0.756. The molecule has 0 radical (unpaired) electrons. The first-order valence-electron chi connectivity index (χ1n) is 5.62. The maximum atomic E-state index is 11.6. The van der Waals surface area contributed by atoms with Gasteiger partial charge >= 0.3 is 6.03 Å². The lowest BCUT2D eigenvalue weighted by molar-refractivity contribution is 0.175. The van der Waals surface area contributed by atoms with E-state index in [1.165, 1.54) is 0 Å². The average Bonchev–Trinajstić information content (AvgIpc) is 2.25. The third-order valence-corrected chi connectivity index (χ3v) is 2.74. The lowest BCUT2D eigenvalue weighted by Gasteiger charge is -2.30. The van der Waals surface area contributed by atoms with Crippen molar-refractivity contribution >= 4 is 6.03 Å². The predicted octanol–water partition coefficient (Wildman–Crippen LogP) is 0.943. The van der Waals surface area contributed by atoms with Gasteiger partial charge in [-0.05, 0) is 18.8 Å². The molecule has 0 atom stereocenters. The molecule has 3 N–H and O–H groups in total. The van der Waals surface area contributed by atoms with Gasteiger partial charge in [0.15, 0.2) is 0 Å². The maximum absolute atomic E-state index is 11.6. The van der Waals surface area contributed by atoms with E-state index in [1.54, 1.807) is 0 Å². The molecule has 0 aliphatic carbocycles. The zero-order valence-corrected chi connectivity index (χ0v) is 9.41. The Morgan fingerprint density at radius 3 is 2.73 bits per heavy atom. The van der Waals surface area contributed by atoms with Crippen molar-refractivity contribution in [2.45, 2.75) is 19.8 Å². The van der Waals surface area contributed by atoms with Gasteiger partial charge < -0.3 is 16.0 Å². The van der Waals surface area contributed by atoms with Crippen molar-refractivity contribution in [3.8, 4) is 0 Å². The van der Waals surface area contributed by atoms with Gasteiger partial charge in [0.05, 0.1) is 0 Å². The molecule has 0 bridgehead atoms. The number of carbonyl (C=O) groups is 1. The Hall–Kier alpha value is -1.03. The SMILES string of the molecule is CC1CCN(C(=O)NC/C=C/CN)CC1. The second-order valence-electron chi connectivity index (χ2n) is 4.06. The molecule has 1 saturated heterocycles. The van der Waals surface area contributed by atoms with Crippen LogP contribution in [0.5, 0.6) is 0 Å². The standard InChI is InChI=1S/C11H21N3O/c1-10-4-8-14(9-5-10)11(15)13-7-3-2-6-12/h2-3,10H,4-9,12H2,1H3,(H,13,15)/b3-2+. The summed E-state index contributed by atoms with van der Waals surface area (Å²) < 4.78 is 0. The molecule has 2 amide bonds. The van der Waals surface area contributed by atoms with Gasteiger partial charge in [-0.15, -0.1) is 0 Å². The number of likely N-dealkylation sites (tertiary alicyclic amines) is 1. The molecular formula is C11H21N3O. The number of piperidine rings is 1. The number of hydrogen-bond donors (Lipinski definition) is 2. The van der Waals surface area contributed by atoms with Gasteiger partial charge in [-0.25, -0.2) is 4.79 Å². The van der Waals surface area contributed by atoms with Gasteiger partial charge in [0, 0.05) is 26.2 Å². The number of nitrogens with zero attached hydrogens (tertiary/aromatic N) is 1. The quantitative estimate of drug-likeness (QED) is 0.683. The number of amides is 2. The minimum absolute atomic E-state index is 0.0450. The van der Waals surface area contributed by atoms with Gasteiger partial charge in [0.25, 0.3) is 0 Å². The molecule has 0 unspecified atom stereocenters. The van der Waals surface area contributed by atoms with Crippen LogP contribution in [0.4, 0.5) is 4.79 Å². The lowest BCUT2D eigenvalue weighted by atomic mass is 10.00. The Labute approximate surface area is 91.5 Å². The summed E-state index contributed by atoms with van der Waals surface area (Å²) in [6.07, 6.45) is 5.96. The van der Waals surface area contributed by atoms with Gasteiger partial charge in [0.2, 0.25) is 0 Å². The average molecular weight is 211 g/mol. The molecule has 15 heavy (non-hydrogen) atoms. The Balaban J connectivity index is 2.19. The second kappa shape index (κ2) is 6.45. The number of nitrogens with two attached hydrogens (primary N) is 1. The van der Waals surface area contributed by atoms with Gasteiger partial charge in [-0.3, -0.25) is 0 Å². The summed E-state index contributed by atoms with van der Waals surface area (Å²) >= 11 is 0. The Morgan fingerprint density at radius 2 is 2.13 bits per heavy atom. The molecule has 1 aliphatic heterocycles. The van der Waals surface area contributed by atoms with E-state index in [1.807, 2.05) is 17.1 Å². The van der Waals surface area contributed by atoms with Crippen LogP contribution in [-0.2, 0) is 0 Å². The topological polar surface area (TPSA) is 58.4 Å². The van der Waals surface area contributed by atoms with Crippen LogP contribution in [0.3, 0.4) is 0 Å². The molecule has 1 heterocycles. The Bertz CT molecular complexity index is 220. The number of rotatable bonds is 3. The molecule has 0 aromatic carbocycles. The van der Waals surface area contributed by atoms with Crippen molar-refractivity contribution in [2.24, 2.45) is 11.7 Å². The van der Waals surface area contributed by atoms with Crippen molar-refractivity contribution in [3.63, 3.8) is 0 Å². The summed E-state index contributed by atoms with van der Waals surface area (Å²) in [6, 6.07) is 0.0450. The fourth-order valence-electron chi connectivity index (χ4n) is 1.65. The van der Waals surface area contributed by atoms with Crippen LogP contribution in [0.2, 0.25) is 0 Å². The van der Waals surface area contributed by atoms with Crippen molar-refractivity contribution in [3.05, 3.63) is 12.2 Å². The fraction of sp³-hybridized carbons (Fsp3) is 0.727. The zero-order valence-electron chi connectivity index (χ0n) is 9.41. The van der Waals surface area contributed by atoms with Gasteiger partial charge in [-0.2, -0.15) is 0 Å². The van der Waals surface area contributed by atoms with E-state index in [4.69, 9.17) is 5.73 Å². The highest BCUT2D eigenvalue weighted by molar-refractivity contribution is 5.74. The summed E-state index contributed by atoms with van der Waals surface area (Å²) in [4.78, 5) is 13.5. The number of urea groups is 1. The van der Waals surface area contributed by atoms with E-state index in [2.05, 4.69) is 12.2 Å². The highest BCUT2D eigenvalue weighted by atomic mass is 16.2. The summed E-state index contributed by atoms with van der Waals surface area (Å²) in [5.41, 5.74) is 5.29. The Morgan fingerprint density at radius 1 is 1.47 bits per heavy atom. The molecule has 0 aromatic rings. The minimum Gasteiger partial charge on any atom is -0.335 e. The van der Waals surface area contributed by atoms with E-state index in [0.29, 0.717) is 13.1 Å². The normalized spacial score (nSPS) is 18.4. The monoisotopic (exact) mass is 211 g/mol. The summed E-state index contributed by atoms with van der Waals surface area (Å²) in [5, 5.41) is 2.85. The molecule has 0 spiro atoms. The van der Waals surface area contributed by atoms with E-state index in [0.717, 1.165) is 31.8 Å². The third kappa shape index (κ3) is 4.34. The predicted molar refractivity (Wildman–Crippen MR) is 61.6 cm³/mol. The van der Waals surface area contributed by atoms with Crippen molar-refractivity contribution in [1.82, 2.24) is 10.2 Å². The zero-order chi connectivity index (χ0) is 11.1. The molecule has 1 rings (SSSR count). The van der Waals surface area contributed by atoms with Crippen molar-refractivity contribution in [1.29, 1.82) is 0 Å². The van der Waals surface area contributed by atoms with Crippen LogP contribution < -0.4 is 11.1 Å². The van der Waals surface area contributed by atoms with Crippen LogP contribution in [0, 0.1) is 5.92 Å². The first-order valence-corrected chi connectivity index (χ1v) is 5.62.